The molecule has 2 aromatic rings. The maximum atomic E-state index is 5.23. The van der Waals surface area contributed by atoms with E-state index in [9.17, 15) is 0 Å². The minimum atomic E-state index is 0.764. The topological polar surface area (TPSA) is 47.0 Å². The van der Waals surface area contributed by atoms with Crippen molar-refractivity contribution in [2.24, 2.45) is 0 Å². The van der Waals surface area contributed by atoms with E-state index in [2.05, 4.69) is 15.3 Å². The summed E-state index contributed by atoms with van der Waals surface area (Å²) in [6, 6.07) is 7.95. The zero-order valence-electron chi connectivity index (χ0n) is 11.5. The van der Waals surface area contributed by atoms with Crippen LogP contribution in [0.15, 0.2) is 34.2 Å². The van der Waals surface area contributed by atoms with Crippen molar-refractivity contribution in [3.63, 3.8) is 0 Å². The summed E-state index contributed by atoms with van der Waals surface area (Å²) in [5.41, 5.74) is 1.06. The molecule has 4 nitrogen and oxygen atoms in total. The normalized spacial score (nSPS) is 10.3. The molecule has 100 valence electrons. The predicted molar refractivity (Wildman–Crippen MR) is 78.2 cm³/mol. The molecule has 0 spiro atoms. The summed E-state index contributed by atoms with van der Waals surface area (Å²) in [7, 11) is 3.54. The van der Waals surface area contributed by atoms with E-state index >= 15 is 0 Å². The van der Waals surface area contributed by atoms with Gasteiger partial charge in [-0.3, -0.25) is 0 Å². The van der Waals surface area contributed by atoms with Gasteiger partial charge in [0.1, 0.15) is 22.4 Å². The van der Waals surface area contributed by atoms with Gasteiger partial charge in [0.2, 0.25) is 0 Å². The Bertz CT molecular complexity index is 587. The van der Waals surface area contributed by atoms with Crippen molar-refractivity contribution < 1.29 is 4.74 Å². The van der Waals surface area contributed by atoms with E-state index in [-0.39, 0.29) is 0 Å². The van der Waals surface area contributed by atoms with Crippen molar-refractivity contribution in [3.8, 4) is 5.75 Å². The summed E-state index contributed by atoms with van der Waals surface area (Å²) in [5, 5.41) is 4.06. The van der Waals surface area contributed by atoms with Crippen LogP contribution in [0.25, 0.3) is 0 Å². The molecule has 0 saturated carbocycles. The van der Waals surface area contributed by atoms with Crippen LogP contribution in [0.4, 0.5) is 5.82 Å². The molecule has 0 aliphatic rings. The second-order valence-electron chi connectivity index (χ2n) is 4.08. The molecule has 0 saturated heterocycles. The predicted octanol–water partition coefficient (Wildman–Crippen LogP) is 3.29. The number of rotatable bonds is 4. The molecule has 5 heteroatoms. The third kappa shape index (κ3) is 3.17. The quantitative estimate of drug-likeness (QED) is 0.868. The number of benzene rings is 1. The number of aromatic nitrogens is 2. The zero-order chi connectivity index (χ0) is 13.8. The third-order valence-corrected chi connectivity index (χ3v) is 3.79. The van der Waals surface area contributed by atoms with Crippen molar-refractivity contribution in [1.29, 1.82) is 0 Å². The third-order valence-electron chi connectivity index (χ3n) is 2.71. The molecule has 2 rings (SSSR count). The second kappa shape index (κ2) is 5.93. The number of nitrogens with zero attached hydrogens (tertiary/aromatic N) is 2. The highest BCUT2D eigenvalue weighted by molar-refractivity contribution is 7.99. The Labute approximate surface area is 117 Å². The Morgan fingerprint density at radius 3 is 2.68 bits per heavy atom. The van der Waals surface area contributed by atoms with Crippen molar-refractivity contribution in [2.45, 2.75) is 23.8 Å². The summed E-state index contributed by atoms with van der Waals surface area (Å²) in [6.45, 7) is 3.92. The smallest absolute Gasteiger partial charge is 0.133 e. The zero-order valence-corrected chi connectivity index (χ0v) is 12.3. The molecule has 19 heavy (non-hydrogen) atoms. The van der Waals surface area contributed by atoms with Crippen LogP contribution in [0.3, 0.4) is 0 Å². The maximum Gasteiger partial charge on any atom is 0.133 e. The van der Waals surface area contributed by atoms with E-state index in [1.54, 1.807) is 18.9 Å². The fourth-order valence-corrected chi connectivity index (χ4v) is 2.69. The Morgan fingerprint density at radius 2 is 2.00 bits per heavy atom. The minimum Gasteiger partial charge on any atom is -0.497 e. The molecular formula is C14H17N3OS. The SMILES string of the molecule is CNc1nc(C)nc(Sc2cccc(OC)c2)c1C. The van der Waals surface area contributed by atoms with Crippen LogP contribution in [-0.4, -0.2) is 24.1 Å². The van der Waals surface area contributed by atoms with Gasteiger partial charge in [0, 0.05) is 17.5 Å². The summed E-state index contributed by atoms with van der Waals surface area (Å²) in [5.74, 6) is 2.49. The first-order chi connectivity index (χ1) is 9.13. The Morgan fingerprint density at radius 1 is 1.21 bits per heavy atom. The standard InChI is InChI=1S/C14H17N3OS/c1-9-13(15-3)16-10(2)17-14(9)19-12-7-5-6-11(8-12)18-4/h5-8H,1-4H3,(H,15,16,17). The van der Waals surface area contributed by atoms with Gasteiger partial charge in [-0.25, -0.2) is 9.97 Å². The Balaban J connectivity index is 2.34. The lowest BCUT2D eigenvalue weighted by atomic mass is 10.3. The molecule has 1 aromatic carbocycles. The molecule has 0 amide bonds. The van der Waals surface area contributed by atoms with Gasteiger partial charge in [0.15, 0.2) is 0 Å². The first-order valence-corrected chi connectivity index (χ1v) is 6.80. The highest BCUT2D eigenvalue weighted by Crippen LogP contribution is 2.32. The maximum absolute atomic E-state index is 5.23. The van der Waals surface area contributed by atoms with Gasteiger partial charge < -0.3 is 10.1 Å². The molecule has 1 N–H and O–H groups in total. The van der Waals surface area contributed by atoms with E-state index in [0.717, 1.165) is 32.9 Å². The number of hydrogen-bond acceptors (Lipinski definition) is 5. The lowest BCUT2D eigenvalue weighted by Crippen LogP contribution is -2.01. The molecule has 1 aromatic heterocycles. The van der Waals surface area contributed by atoms with Gasteiger partial charge in [-0.2, -0.15) is 0 Å². The molecule has 0 radical (unpaired) electrons. The number of ether oxygens (including phenoxy) is 1. The van der Waals surface area contributed by atoms with E-state index in [1.807, 2.05) is 45.2 Å². The first-order valence-electron chi connectivity index (χ1n) is 5.99. The fourth-order valence-electron chi connectivity index (χ4n) is 1.72. The van der Waals surface area contributed by atoms with Gasteiger partial charge in [-0.1, -0.05) is 17.8 Å². The molecule has 0 aliphatic heterocycles. The minimum absolute atomic E-state index is 0.764. The van der Waals surface area contributed by atoms with Crippen molar-refractivity contribution in [2.75, 3.05) is 19.5 Å². The van der Waals surface area contributed by atoms with Crippen LogP contribution in [0.5, 0.6) is 5.75 Å². The molecule has 0 bridgehead atoms. The fraction of sp³-hybridized carbons (Fsp3) is 0.286. The van der Waals surface area contributed by atoms with Crippen LogP contribution in [0.1, 0.15) is 11.4 Å². The largest absolute Gasteiger partial charge is 0.497 e. The lowest BCUT2D eigenvalue weighted by Gasteiger charge is -2.10. The number of hydrogen-bond donors (Lipinski definition) is 1. The molecule has 0 fully saturated rings. The van der Waals surface area contributed by atoms with Gasteiger partial charge in [-0.05, 0) is 32.0 Å². The highest BCUT2D eigenvalue weighted by atomic mass is 32.2. The van der Waals surface area contributed by atoms with Crippen LogP contribution in [-0.2, 0) is 0 Å². The Hall–Kier alpha value is -1.75. The number of aryl methyl sites for hydroxylation is 1. The second-order valence-corrected chi connectivity index (χ2v) is 5.14. The average Bonchev–Trinajstić information content (AvgIpc) is 2.42. The van der Waals surface area contributed by atoms with Gasteiger partial charge in [0.05, 0.1) is 7.11 Å². The van der Waals surface area contributed by atoms with E-state index in [1.165, 1.54) is 0 Å². The Kier molecular flexibility index (Phi) is 4.27. The summed E-state index contributed by atoms with van der Waals surface area (Å²) >= 11 is 1.62. The van der Waals surface area contributed by atoms with Crippen LogP contribution in [0.2, 0.25) is 0 Å². The van der Waals surface area contributed by atoms with Crippen LogP contribution >= 0.6 is 11.8 Å². The van der Waals surface area contributed by atoms with Crippen LogP contribution in [0, 0.1) is 13.8 Å². The van der Waals surface area contributed by atoms with E-state index in [0.29, 0.717) is 0 Å². The van der Waals surface area contributed by atoms with E-state index in [4.69, 9.17) is 4.74 Å². The monoisotopic (exact) mass is 275 g/mol. The summed E-state index contributed by atoms with van der Waals surface area (Å²) < 4.78 is 5.23. The summed E-state index contributed by atoms with van der Waals surface area (Å²) in [4.78, 5) is 9.97. The van der Waals surface area contributed by atoms with E-state index < -0.39 is 0 Å². The number of nitrogens with one attached hydrogen (secondary N) is 1. The molecule has 0 aliphatic carbocycles. The van der Waals surface area contributed by atoms with Gasteiger partial charge >= 0.3 is 0 Å². The lowest BCUT2D eigenvalue weighted by molar-refractivity contribution is 0.413. The van der Waals surface area contributed by atoms with Crippen LogP contribution < -0.4 is 10.1 Å². The molecule has 0 unspecified atom stereocenters. The molecule has 1 heterocycles. The first kappa shape index (κ1) is 13.7. The van der Waals surface area contributed by atoms with Crippen molar-refractivity contribution >= 4 is 17.6 Å². The number of anilines is 1. The number of methoxy groups -OCH3 is 1. The summed E-state index contributed by atoms with van der Waals surface area (Å²) in [6.07, 6.45) is 0. The molecule has 0 atom stereocenters. The average molecular weight is 275 g/mol. The van der Waals surface area contributed by atoms with Gasteiger partial charge in [0.25, 0.3) is 0 Å². The van der Waals surface area contributed by atoms with Crippen molar-refractivity contribution in [3.05, 3.63) is 35.7 Å². The van der Waals surface area contributed by atoms with Gasteiger partial charge in [-0.15, -0.1) is 0 Å². The molecular weight excluding hydrogens is 258 g/mol. The van der Waals surface area contributed by atoms with Crippen molar-refractivity contribution in [1.82, 2.24) is 9.97 Å². The highest BCUT2D eigenvalue weighted by Gasteiger charge is 2.10.